The Bertz CT molecular complexity index is 1100. The molecule has 0 aromatic heterocycles. The number of hydrogen-bond donors (Lipinski definition) is 1. The molecule has 0 fully saturated rings. The molecule has 0 radical (unpaired) electrons. The number of fused-ring (bicyclic) bond motifs is 1. The number of nitrogens with zero attached hydrogens (tertiary/aromatic N) is 2. The molecule has 30 heavy (non-hydrogen) atoms. The van der Waals surface area contributed by atoms with Crippen molar-refractivity contribution in [3.8, 4) is 5.75 Å². The summed E-state index contributed by atoms with van der Waals surface area (Å²) < 4.78 is 33.8. The van der Waals surface area contributed by atoms with Gasteiger partial charge in [-0.05, 0) is 44.5 Å². The summed E-state index contributed by atoms with van der Waals surface area (Å²) in [7, 11) is -4.23. The van der Waals surface area contributed by atoms with E-state index in [0.29, 0.717) is 24.4 Å². The van der Waals surface area contributed by atoms with Gasteiger partial charge in [0.2, 0.25) is 5.91 Å². The number of nitrogens with one attached hydrogen (secondary N) is 1. The number of carbonyl (C=O) groups excluding carboxylic acids is 1. The lowest BCUT2D eigenvalue weighted by Crippen LogP contribution is -2.42. The van der Waals surface area contributed by atoms with Gasteiger partial charge in [-0.3, -0.25) is 19.6 Å². The fourth-order valence-electron chi connectivity index (χ4n) is 3.20. The minimum atomic E-state index is -4.23. The van der Waals surface area contributed by atoms with E-state index in [1.807, 2.05) is 6.92 Å². The third kappa shape index (κ3) is 4.09. The van der Waals surface area contributed by atoms with Crippen molar-refractivity contribution >= 4 is 33.0 Å². The Balaban J connectivity index is 2.02. The zero-order valence-corrected chi connectivity index (χ0v) is 17.7. The maximum absolute atomic E-state index is 13.0. The molecule has 9 nitrogen and oxygen atoms in total. The molecule has 3 rings (SSSR count). The normalized spacial score (nSPS) is 15.7. The molecule has 160 valence electrons. The van der Waals surface area contributed by atoms with Gasteiger partial charge in [-0.15, -0.1) is 0 Å². The van der Waals surface area contributed by atoms with E-state index in [1.54, 1.807) is 24.8 Å². The van der Waals surface area contributed by atoms with Gasteiger partial charge in [0.1, 0.15) is 12.4 Å². The first-order valence-electron chi connectivity index (χ1n) is 9.42. The molecule has 0 saturated carbocycles. The third-order valence-corrected chi connectivity index (χ3v) is 6.14. The summed E-state index contributed by atoms with van der Waals surface area (Å²) in [5.74, 6) is 0.345. The second-order valence-electron chi connectivity index (χ2n) is 7.64. The average Bonchev–Trinajstić information content (AvgIpc) is 2.78. The number of nitro groups is 1. The summed E-state index contributed by atoms with van der Waals surface area (Å²) in [6.45, 7) is 6.16. The highest BCUT2D eigenvalue weighted by atomic mass is 32.2. The largest absolute Gasteiger partial charge is 0.490 e. The van der Waals surface area contributed by atoms with Crippen LogP contribution < -0.4 is 14.4 Å². The monoisotopic (exact) mass is 433 g/mol. The SMILES string of the molecule is CCCN1C(=O)C(C)(C)COc2ccc(NS(=O)(=O)c3ccccc3[N+](=O)[O-])cc21. The zero-order valence-electron chi connectivity index (χ0n) is 16.9. The minimum absolute atomic E-state index is 0.123. The molecule has 1 aliphatic heterocycles. The number of amides is 1. The van der Waals surface area contributed by atoms with Crippen molar-refractivity contribution in [3.63, 3.8) is 0 Å². The van der Waals surface area contributed by atoms with Gasteiger partial charge in [-0.25, -0.2) is 8.42 Å². The van der Waals surface area contributed by atoms with Crippen LogP contribution >= 0.6 is 0 Å². The number of benzene rings is 2. The van der Waals surface area contributed by atoms with E-state index >= 15 is 0 Å². The van der Waals surface area contributed by atoms with Gasteiger partial charge < -0.3 is 9.64 Å². The second-order valence-corrected chi connectivity index (χ2v) is 9.29. The Labute approximate surface area is 174 Å². The van der Waals surface area contributed by atoms with Gasteiger partial charge in [0.05, 0.1) is 21.7 Å². The van der Waals surface area contributed by atoms with E-state index in [0.717, 1.165) is 6.07 Å². The van der Waals surface area contributed by atoms with Crippen molar-refractivity contribution in [2.75, 3.05) is 22.8 Å². The highest BCUT2D eigenvalue weighted by Gasteiger charge is 2.37. The predicted octanol–water partition coefficient (Wildman–Crippen LogP) is 3.56. The molecule has 2 aromatic rings. The summed E-state index contributed by atoms with van der Waals surface area (Å²) in [4.78, 5) is 24.6. The van der Waals surface area contributed by atoms with Crippen molar-refractivity contribution in [1.29, 1.82) is 0 Å². The maximum Gasteiger partial charge on any atom is 0.289 e. The summed E-state index contributed by atoms with van der Waals surface area (Å²) in [6, 6.07) is 9.70. The van der Waals surface area contributed by atoms with Crippen LogP contribution in [0.25, 0.3) is 0 Å². The molecule has 0 unspecified atom stereocenters. The average molecular weight is 433 g/mol. The Hall–Kier alpha value is -3.14. The molecular weight excluding hydrogens is 410 g/mol. The number of sulfonamides is 1. The standard InChI is InChI=1S/C20H23N3O6S/c1-4-11-22-16-12-14(9-10-17(16)29-13-20(2,3)19(22)24)21-30(27,28)18-8-6-5-7-15(18)23(25)26/h5-10,12,21H,4,11,13H2,1-3H3. The number of nitro benzene ring substituents is 1. The molecule has 2 aromatic carbocycles. The zero-order chi connectivity index (χ0) is 22.1. The van der Waals surface area contributed by atoms with Gasteiger partial charge in [-0.2, -0.15) is 0 Å². The third-order valence-electron chi connectivity index (χ3n) is 4.71. The van der Waals surface area contributed by atoms with Gasteiger partial charge >= 0.3 is 0 Å². The topological polar surface area (TPSA) is 119 Å². The number of rotatable bonds is 6. The molecule has 0 saturated heterocycles. The van der Waals surface area contributed by atoms with Crippen molar-refractivity contribution in [2.45, 2.75) is 32.1 Å². The van der Waals surface area contributed by atoms with Crippen molar-refractivity contribution < 1.29 is 22.9 Å². The molecule has 1 aliphatic rings. The van der Waals surface area contributed by atoms with Crippen molar-refractivity contribution in [1.82, 2.24) is 0 Å². The minimum Gasteiger partial charge on any atom is -0.490 e. The maximum atomic E-state index is 13.0. The van der Waals surface area contributed by atoms with Crippen LogP contribution in [-0.4, -0.2) is 32.4 Å². The van der Waals surface area contributed by atoms with Crippen molar-refractivity contribution in [2.24, 2.45) is 5.41 Å². The summed E-state index contributed by atoms with van der Waals surface area (Å²) in [5, 5.41) is 11.2. The lowest BCUT2D eigenvalue weighted by Gasteiger charge is -2.27. The molecule has 1 heterocycles. The molecule has 0 atom stereocenters. The van der Waals surface area contributed by atoms with Crippen LogP contribution in [-0.2, 0) is 14.8 Å². The predicted molar refractivity (Wildman–Crippen MR) is 112 cm³/mol. The number of anilines is 2. The van der Waals surface area contributed by atoms with Crippen LogP contribution in [0.15, 0.2) is 47.4 Å². The van der Waals surface area contributed by atoms with E-state index < -0.39 is 30.9 Å². The molecule has 0 aliphatic carbocycles. The van der Waals surface area contributed by atoms with Crippen molar-refractivity contribution in [3.05, 3.63) is 52.6 Å². The molecule has 0 spiro atoms. The smallest absolute Gasteiger partial charge is 0.289 e. The van der Waals surface area contributed by atoms with Crippen LogP contribution in [0.2, 0.25) is 0 Å². The number of ether oxygens (including phenoxy) is 1. The van der Waals surface area contributed by atoms with Gasteiger partial charge in [0, 0.05) is 12.6 Å². The Morgan fingerprint density at radius 2 is 1.93 bits per heavy atom. The fraction of sp³-hybridized carbons (Fsp3) is 0.350. The second kappa shape index (κ2) is 7.94. The van der Waals surface area contributed by atoms with E-state index in [1.165, 1.54) is 30.3 Å². The van der Waals surface area contributed by atoms with E-state index in [9.17, 15) is 23.3 Å². The summed E-state index contributed by atoms with van der Waals surface area (Å²) >= 11 is 0. The Morgan fingerprint density at radius 1 is 1.23 bits per heavy atom. The highest BCUT2D eigenvalue weighted by Crippen LogP contribution is 2.39. The fourth-order valence-corrected chi connectivity index (χ4v) is 4.42. The number of hydrogen-bond acceptors (Lipinski definition) is 6. The quantitative estimate of drug-likeness (QED) is 0.550. The molecular formula is C20H23N3O6S. The summed E-state index contributed by atoms with van der Waals surface area (Å²) in [5.41, 5.74) is -0.634. The molecule has 0 bridgehead atoms. The van der Waals surface area contributed by atoms with Gasteiger partial charge in [0.25, 0.3) is 15.7 Å². The molecule has 1 amide bonds. The lowest BCUT2D eigenvalue weighted by molar-refractivity contribution is -0.387. The van der Waals surface area contributed by atoms with E-state index in [2.05, 4.69) is 4.72 Å². The number of carbonyl (C=O) groups is 1. The van der Waals surface area contributed by atoms with E-state index in [-0.39, 0.29) is 18.2 Å². The summed E-state index contributed by atoms with van der Waals surface area (Å²) in [6.07, 6.45) is 0.702. The van der Waals surface area contributed by atoms with Crippen LogP contribution in [0.5, 0.6) is 5.75 Å². The molecule has 10 heteroatoms. The van der Waals surface area contributed by atoms with Crippen LogP contribution in [0.1, 0.15) is 27.2 Å². The first-order valence-corrected chi connectivity index (χ1v) is 10.9. The first kappa shape index (κ1) is 21.6. The Kier molecular flexibility index (Phi) is 5.71. The van der Waals surface area contributed by atoms with Crippen LogP contribution in [0.3, 0.4) is 0 Å². The Morgan fingerprint density at radius 3 is 2.60 bits per heavy atom. The lowest BCUT2D eigenvalue weighted by atomic mass is 9.93. The van der Waals surface area contributed by atoms with Crippen LogP contribution in [0, 0.1) is 15.5 Å². The number of para-hydroxylation sites is 1. The van der Waals surface area contributed by atoms with E-state index in [4.69, 9.17) is 4.74 Å². The van der Waals surface area contributed by atoms with Gasteiger partial charge in [-0.1, -0.05) is 19.1 Å². The van der Waals surface area contributed by atoms with Gasteiger partial charge in [0.15, 0.2) is 4.90 Å². The van der Waals surface area contributed by atoms with Crippen LogP contribution in [0.4, 0.5) is 17.1 Å². The molecule has 1 N–H and O–H groups in total. The first-order chi connectivity index (χ1) is 14.1. The highest BCUT2D eigenvalue weighted by molar-refractivity contribution is 7.92.